The van der Waals surface area contributed by atoms with Gasteiger partial charge in [0, 0.05) is 29.6 Å². The maximum Gasteiger partial charge on any atom is 0.185 e. The van der Waals surface area contributed by atoms with Gasteiger partial charge in [0.1, 0.15) is 5.75 Å². The summed E-state index contributed by atoms with van der Waals surface area (Å²) in [6.07, 6.45) is 2.09. The van der Waals surface area contributed by atoms with E-state index in [4.69, 9.17) is 12.2 Å². The van der Waals surface area contributed by atoms with Crippen LogP contribution in [0.15, 0.2) is 36.5 Å². The van der Waals surface area contributed by atoms with Crippen LogP contribution in [0.1, 0.15) is 21.6 Å². The predicted molar refractivity (Wildman–Crippen MR) is 88.7 cm³/mol. The van der Waals surface area contributed by atoms with Crippen molar-refractivity contribution in [3.05, 3.63) is 53.3 Å². The number of aromatic nitrogens is 1. The Morgan fingerprint density at radius 1 is 1.36 bits per heavy atom. The number of nitrogens with zero attached hydrogens (tertiary/aromatic N) is 1. The number of para-hydroxylation sites is 1. The molecule has 0 spiro atoms. The van der Waals surface area contributed by atoms with Crippen molar-refractivity contribution in [1.82, 2.24) is 15.8 Å². The standard InChI is InChI=1S/C15H16N4O2S/c1-10-14(21)13(11(9-20)7-16-10)8-17-19-15(22)18-12-5-3-2-4-6-12/h2-7,9,17,21H,8H2,1H3,(H2,18,19,22). The maximum absolute atomic E-state index is 11.0. The molecule has 0 fully saturated rings. The lowest BCUT2D eigenvalue weighted by Crippen LogP contribution is -2.39. The van der Waals surface area contributed by atoms with Gasteiger partial charge in [-0.3, -0.25) is 15.2 Å². The molecule has 0 aliphatic carbocycles. The Morgan fingerprint density at radius 2 is 2.09 bits per heavy atom. The van der Waals surface area contributed by atoms with E-state index in [9.17, 15) is 9.90 Å². The highest BCUT2D eigenvalue weighted by atomic mass is 32.1. The SMILES string of the molecule is Cc1ncc(C=O)c(CNNC(=S)Nc2ccccc2)c1O. The van der Waals surface area contributed by atoms with Crippen molar-refractivity contribution in [2.45, 2.75) is 13.5 Å². The minimum absolute atomic E-state index is 0.000775. The lowest BCUT2D eigenvalue weighted by atomic mass is 10.1. The third-order valence-corrected chi connectivity index (χ3v) is 3.20. The van der Waals surface area contributed by atoms with Gasteiger partial charge >= 0.3 is 0 Å². The van der Waals surface area contributed by atoms with Crippen LogP contribution < -0.4 is 16.2 Å². The third-order valence-electron chi connectivity index (χ3n) is 3.00. The molecule has 4 N–H and O–H groups in total. The summed E-state index contributed by atoms with van der Waals surface area (Å²) in [4.78, 5) is 14.9. The van der Waals surface area contributed by atoms with Crippen LogP contribution in [-0.2, 0) is 6.54 Å². The molecule has 6 nitrogen and oxygen atoms in total. The number of anilines is 1. The zero-order valence-electron chi connectivity index (χ0n) is 12.0. The third kappa shape index (κ3) is 4.00. The Morgan fingerprint density at radius 3 is 2.77 bits per heavy atom. The van der Waals surface area contributed by atoms with Gasteiger partial charge in [0.15, 0.2) is 11.4 Å². The fourth-order valence-corrected chi connectivity index (χ4v) is 2.03. The number of aldehydes is 1. The first-order valence-corrected chi connectivity index (χ1v) is 7.00. The highest BCUT2D eigenvalue weighted by molar-refractivity contribution is 7.80. The lowest BCUT2D eigenvalue weighted by Gasteiger charge is -2.13. The van der Waals surface area contributed by atoms with Gasteiger partial charge in [-0.1, -0.05) is 18.2 Å². The predicted octanol–water partition coefficient (Wildman–Crippen LogP) is 1.90. The van der Waals surface area contributed by atoms with Crippen LogP contribution in [0.4, 0.5) is 5.69 Å². The van der Waals surface area contributed by atoms with E-state index in [0.29, 0.717) is 28.2 Å². The van der Waals surface area contributed by atoms with Crippen molar-refractivity contribution < 1.29 is 9.90 Å². The van der Waals surface area contributed by atoms with Gasteiger partial charge in [-0.15, -0.1) is 0 Å². The number of hydrogen-bond acceptors (Lipinski definition) is 5. The molecule has 0 atom stereocenters. The number of pyridine rings is 1. The fraction of sp³-hybridized carbons (Fsp3) is 0.133. The molecule has 1 heterocycles. The largest absolute Gasteiger partial charge is 0.506 e. The van der Waals surface area contributed by atoms with E-state index in [1.807, 2.05) is 30.3 Å². The first kappa shape index (κ1) is 15.9. The van der Waals surface area contributed by atoms with Gasteiger partial charge in [0.25, 0.3) is 0 Å². The second-order valence-electron chi connectivity index (χ2n) is 4.54. The van der Waals surface area contributed by atoms with E-state index in [2.05, 4.69) is 21.2 Å². The van der Waals surface area contributed by atoms with Crippen molar-refractivity contribution >= 4 is 29.3 Å². The average Bonchev–Trinajstić information content (AvgIpc) is 2.52. The summed E-state index contributed by atoms with van der Waals surface area (Å²) in [6, 6.07) is 9.47. The molecule has 0 aliphatic rings. The van der Waals surface area contributed by atoms with E-state index < -0.39 is 0 Å². The van der Waals surface area contributed by atoms with E-state index in [1.54, 1.807) is 6.92 Å². The molecule has 2 rings (SSSR count). The van der Waals surface area contributed by atoms with Crippen molar-refractivity contribution in [2.75, 3.05) is 5.32 Å². The van der Waals surface area contributed by atoms with Crippen molar-refractivity contribution in [3.63, 3.8) is 0 Å². The molecule has 0 saturated heterocycles. The van der Waals surface area contributed by atoms with Gasteiger partial charge in [-0.05, 0) is 31.3 Å². The Labute approximate surface area is 133 Å². The van der Waals surface area contributed by atoms with Gasteiger partial charge in [-0.2, -0.15) is 0 Å². The summed E-state index contributed by atoms with van der Waals surface area (Å²) >= 11 is 5.14. The fourth-order valence-electron chi connectivity index (χ4n) is 1.84. The van der Waals surface area contributed by atoms with Crippen LogP contribution in [0, 0.1) is 6.92 Å². The molecule has 0 saturated carbocycles. The number of aryl methyl sites for hydroxylation is 1. The molecule has 0 radical (unpaired) electrons. The number of hydrogen-bond donors (Lipinski definition) is 4. The van der Waals surface area contributed by atoms with Crippen LogP contribution in [-0.4, -0.2) is 21.5 Å². The Bertz CT molecular complexity index is 677. The number of hydrazine groups is 1. The molecular weight excluding hydrogens is 300 g/mol. The number of carbonyl (C=O) groups is 1. The van der Waals surface area contributed by atoms with Crippen molar-refractivity contribution in [3.8, 4) is 5.75 Å². The quantitative estimate of drug-likeness (QED) is 0.381. The van der Waals surface area contributed by atoms with Crippen LogP contribution in [0.25, 0.3) is 0 Å². The number of carbonyl (C=O) groups excluding carboxylic acids is 1. The second kappa shape index (κ2) is 7.48. The number of rotatable bonds is 5. The molecule has 0 bridgehead atoms. The Balaban J connectivity index is 1.93. The molecule has 1 aromatic carbocycles. The van der Waals surface area contributed by atoms with Crippen molar-refractivity contribution in [2.24, 2.45) is 0 Å². The zero-order chi connectivity index (χ0) is 15.9. The van der Waals surface area contributed by atoms with Gasteiger partial charge in [0.05, 0.1) is 5.69 Å². The molecule has 1 aromatic heterocycles. The highest BCUT2D eigenvalue weighted by Gasteiger charge is 2.11. The summed E-state index contributed by atoms with van der Waals surface area (Å²) in [7, 11) is 0. The monoisotopic (exact) mass is 316 g/mol. The maximum atomic E-state index is 11.0. The average molecular weight is 316 g/mol. The summed E-state index contributed by atoms with van der Waals surface area (Å²) in [5.41, 5.74) is 7.79. The summed E-state index contributed by atoms with van der Waals surface area (Å²) in [5.74, 6) is 0.000775. The van der Waals surface area contributed by atoms with Crippen LogP contribution in [0.5, 0.6) is 5.75 Å². The van der Waals surface area contributed by atoms with E-state index >= 15 is 0 Å². The molecule has 22 heavy (non-hydrogen) atoms. The van der Waals surface area contributed by atoms with Gasteiger partial charge in [-0.25, -0.2) is 5.43 Å². The van der Waals surface area contributed by atoms with E-state index in [-0.39, 0.29) is 12.3 Å². The summed E-state index contributed by atoms with van der Waals surface area (Å²) in [6.45, 7) is 1.89. The van der Waals surface area contributed by atoms with E-state index in [0.717, 1.165) is 5.69 Å². The first-order chi connectivity index (χ1) is 10.6. The summed E-state index contributed by atoms with van der Waals surface area (Å²) < 4.78 is 0. The molecule has 0 unspecified atom stereocenters. The first-order valence-electron chi connectivity index (χ1n) is 6.59. The molecule has 0 aliphatic heterocycles. The Hall–Kier alpha value is -2.51. The number of aromatic hydroxyl groups is 1. The second-order valence-corrected chi connectivity index (χ2v) is 4.95. The Kier molecular flexibility index (Phi) is 5.40. The van der Waals surface area contributed by atoms with Gasteiger partial charge in [0.2, 0.25) is 0 Å². The number of nitrogens with one attached hydrogen (secondary N) is 3. The lowest BCUT2D eigenvalue weighted by molar-refractivity contribution is 0.112. The smallest absolute Gasteiger partial charge is 0.185 e. The van der Waals surface area contributed by atoms with Crippen LogP contribution >= 0.6 is 12.2 Å². The topological polar surface area (TPSA) is 86.3 Å². The normalized spacial score (nSPS) is 10.0. The van der Waals surface area contributed by atoms with E-state index in [1.165, 1.54) is 6.20 Å². The van der Waals surface area contributed by atoms with Crippen molar-refractivity contribution in [1.29, 1.82) is 0 Å². The highest BCUT2D eigenvalue weighted by Crippen LogP contribution is 2.22. The molecule has 2 aromatic rings. The minimum Gasteiger partial charge on any atom is -0.506 e. The van der Waals surface area contributed by atoms with Crippen LogP contribution in [0.3, 0.4) is 0 Å². The minimum atomic E-state index is 0.000775. The molecule has 7 heteroatoms. The number of thiocarbonyl (C=S) groups is 1. The molecule has 114 valence electrons. The molecular formula is C15H16N4O2S. The summed E-state index contributed by atoms with van der Waals surface area (Å²) in [5, 5.41) is 13.3. The molecule has 0 amide bonds. The zero-order valence-corrected chi connectivity index (χ0v) is 12.8. The number of benzene rings is 1. The van der Waals surface area contributed by atoms with Gasteiger partial charge < -0.3 is 10.4 Å². The van der Waals surface area contributed by atoms with Crippen LogP contribution in [0.2, 0.25) is 0 Å².